The fraction of sp³-hybridized carbons (Fsp3) is 0.364. The number of ether oxygens (including phenoxy) is 4. The fourth-order valence-corrected chi connectivity index (χ4v) is 2.71. The Balaban J connectivity index is 1.95. The van der Waals surface area contributed by atoms with Gasteiger partial charge in [-0.1, -0.05) is 6.07 Å². The minimum absolute atomic E-state index is 0.0973. The molecule has 0 saturated carbocycles. The molecule has 2 aromatic carbocycles. The Morgan fingerprint density at radius 1 is 0.931 bits per heavy atom. The number of likely N-dealkylation sites (N-methyl/N-ethyl adjacent to an activating group) is 1. The lowest BCUT2D eigenvalue weighted by Crippen LogP contribution is -2.34. The zero-order valence-corrected chi connectivity index (χ0v) is 17.3. The van der Waals surface area contributed by atoms with E-state index in [4.69, 9.17) is 18.9 Å². The number of rotatable bonds is 10. The van der Waals surface area contributed by atoms with Crippen LogP contribution in [0.5, 0.6) is 17.2 Å². The van der Waals surface area contributed by atoms with Crippen LogP contribution in [-0.4, -0.2) is 50.8 Å². The van der Waals surface area contributed by atoms with Crippen molar-refractivity contribution in [1.82, 2.24) is 4.90 Å². The summed E-state index contributed by atoms with van der Waals surface area (Å²) in [5, 5.41) is 0. The van der Waals surface area contributed by atoms with Gasteiger partial charge in [0.2, 0.25) is 0 Å². The van der Waals surface area contributed by atoms with E-state index in [1.807, 2.05) is 25.1 Å². The Labute approximate surface area is 171 Å². The number of benzene rings is 2. The molecule has 156 valence electrons. The second kappa shape index (κ2) is 10.9. The van der Waals surface area contributed by atoms with Crippen molar-refractivity contribution in [2.75, 3.05) is 34.0 Å². The number of methoxy groups -OCH3 is 2. The first kappa shape index (κ1) is 22.1. The third kappa shape index (κ3) is 6.14. The van der Waals surface area contributed by atoms with Crippen molar-refractivity contribution >= 4 is 11.9 Å². The number of carbonyl (C=O) groups excluding carboxylic acids is 2. The molecule has 0 aliphatic heterocycles. The van der Waals surface area contributed by atoms with E-state index in [9.17, 15) is 9.59 Å². The lowest BCUT2D eigenvalue weighted by molar-refractivity contribution is -0.133. The van der Waals surface area contributed by atoms with E-state index >= 15 is 0 Å². The summed E-state index contributed by atoms with van der Waals surface area (Å²) in [5.74, 6) is 1.24. The van der Waals surface area contributed by atoms with Gasteiger partial charge in [-0.25, -0.2) is 4.79 Å². The van der Waals surface area contributed by atoms with Gasteiger partial charge in [-0.05, 0) is 55.8 Å². The number of nitrogens with zero attached hydrogens (tertiary/aromatic N) is 1. The van der Waals surface area contributed by atoms with Crippen molar-refractivity contribution in [3.8, 4) is 17.2 Å². The number of carbonyl (C=O) groups is 2. The standard InChI is InChI=1S/C22H27NO6/c1-5-23(14-16-7-12-19(26-3)20(13-16)27-4)21(24)15-29-18-10-8-17(9-11-18)22(25)28-6-2/h7-13H,5-6,14-15H2,1-4H3. The summed E-state index contributed by atoms with van der Waals surface area (Å²) in [6.07, 6.45) is 0. The lowest BCUT2D eigenvalue weighted by atomic mass is 10.2. The first-order valence-electron chi connectivity index (χ1n) is 9.41. The fourth-order valence-electron chi connectivity index (χ4n) is 2.71. The second-order valence-corrected chi connectivity index (χ2v) is 6.13. The molecule has 0 N–H and O–H groups in total. The molecule has 0 fully saturated rings. The maximum absolute atomic E-state index is 12.6. The van der Waals surface area contributed by atoms with E-state index in [2.05, 4.69) is 0 Å². The summed E-state index contributed by atoms with van der Waals surface area (Å²) in [4.78, 5) is 25.9. The molecule has 0 radical (unpaired) electrons. The third-order valence-electron chi connectivity index (χ3n) is 4.28. The van der Waals surface area contributed by atoms with Crippen LogP contribution in [0.1, 0.15) is 29.8 Å². The average Bonchev–Trinajstić information content (AvgIpc) is 2.76. The zero-order valence-electron chi connectivity index (χ0n) is 17.3. The molecule has 2 rings (SSSR count). The van der Waals surface area contributed by atoms with Gasteiger partial charge in [0.15, 0.2) is 18.1 Å². The predicted octanol–water partition coefficient (Wildman–Crippen LogP) is 3.31. The van der Waals surface area contributed by atoms with Gasteiger partial charge in [-0.15, -0.1) is 0 Å². The van der Waals surface area contributed by atoms with Crippen molar-refractivity contribution in [2.45, 2.75) is 20.4 Å². The summed E-state index contributed by atoms with van der Waals surface area (Å²) in [7, 11) is 3.15. The van der Waals surface area contributed by atoms with Crippen LogP contribution < -0.4 is 14.2 Å². The smallest absolute Gasteiger partial charge is 0.338 e. The van der Waals surface area contributed by atoms with E-state index < -0.39 is 0 Å². The van der Waals surface area contributed by atoms with E-state index in [-0.39, 0.29) is 18.5 Å². The molecule has 0 aliphatic rings. The van der Waals surface area contributed by atoms with Crippen LogP contribution in [0.4, 0.5) is 0 Å². The molecular formula is C22H27NO6. The molecule has 2 aromatic rings. The molecule has 29 heavy (non-hydrogen) atoms. The van der Waals surface area contributed by atoms with Crippen LogP contribution in [0.2, 0.25) is 0 Å². The van der Waals surface area contributed by atoms with E-state index in [1.54, 1.807) is 50.3 Å². The molecule has 7 heteroatoms. The van der Waals surface area contributed by atoms with Crippen LogP contribution in [0.15, 0.2) is 42.5 Å². The van der Waals surface area contributed by atoms with Gasteiger partial charge in [0.1, 0.15) is 5.75 Å². The van der Waals surface area contributed by atoms with Crippen LogP contribution >= 0.6 is 0 Å². The molecule has 0 aromatic heterocycles. The molecule has 0 spiro atoms. The zero-order chi connectivity index (χ0) is 21.2. The predicted molar refractivity (Wildman–Crippen MR) is 109 cm³/mol. The van der Waals surface area contributed by atoms with Crippen molar-refractivity contribution < 1.29 is 28.5 Å². The Kier molecular flexibility index (Phi) is 8.33. The summed E-state index contributed by atoms with van der Waals surface area (Å²) >= 11 is 0. The van der Waals surface area contributed by atoms with E-state index in [0.29, 0.717) is 42.5 Å². The van der Waals surface area contributed by atoms with E-state index in [1.165, 1.54) is 0 Å². The SMILES string of the molecule is CCOC(=O)c1ccc(OCC(=O)N(CC)Cc2ccc(OC)c(OC)c2)cc1. The average molecular weight is 401 g/mol. The number of amides is 1. The second-order valence-electron chi connectivity index (χ2n) is 6.13. The number of hydrogen-bond acceptors (Lipinski definition) is 6. The van der Waals surface area contributed by atoms with Gasteiger partial charge in [-0.2, -0.15) is 0 Å². The van der Waals surface area contributed by atoms with Crippen molar-refractivity contribution in [1.29, 1.82) is 0 Å². The summed E-state index contributed by atoms with van der Waals surface area (Å²) in [6, 6.07) is 12.1. The van der Waals surface area contributed by atoms with Gasteiger partial charge in [0, 0.05) is 13.1 Å². The first-order valence-corrected chi connectivity index (χ1v) is 9.41. The highest BCUT2D eigenvalue weighted by Crippen LogP contribution is 2.28. The first-order chi connectivity index (χ1) is 14.0. The number of esters is 1. The van der Waals surface area contributed by atoms with Gasteiger partial charge in [-0.3, -0.25) is 4.79 Å². The van der Waals surface area contributed by atoms with Gasteiger partial charge in [0.05, 0.1) is 26.4 Å². The molecule has 0 unspecified atom stereocenters. The maximum atomic E-state index is 12.6. The quantitative estimate of drug-likeness (QED) is 0.569. The molecule has 0 saturated heterocycles. The Hall–Kier alpha value is -3.22. The highest BCUT2D eigenvalue weighted by molar-refractivity contribution is 5.89. The third-order valence-corrected chi connectivity index (χ3v) is 4.28. The van der Waals surface area contributed by atoms with Crippen LogP contribution in [-0.2, 0) is 16.1 Å². The van der Waals surface area contributed by atoms with Crippen molar-refractivity contribution in [3.63, 3.8) is 0 Å². The van der Waals surface area contributed by atoms with Gasteiger partial charge < -0.3 is 23.8 Å². The highest BCUT2D eigenvalue weighted by atomic mass is 16.5. The Morgan fingerprint density at radius 2 is 1.62 bits per heavy atom. The summed E-state index contributed by atoms with van der Waals surface area (Å²) < 4.78 is 21.1. The summed E-state index contributed by atoms with van der Waals surface area (Å²) in [6.45, 7) is 4.85. The Morgan fingerprint density at radius 3 is 2.21 bits per heavy atom. The summed E-state index contributed by atoms with van der Waals surface area (Å²) in [5.41, 5.74) is 1.37. The molecule has 0 atom stereocenters. The minimum atomic E-state index is -0.387. The largest absolute Gasteiger partial charge is 0.493 e. The molecule has 0 bridgehead atoms. The normalized spacial score (nSPS) is 10.2. The molecular weight excluding hydrogens is 374 g/mol. The minimum Gasteiger partial charge on any atom is -0.493 e. The monoisotopic (exact) mass is 401 g/mol. The maximum Gasteiger partial charge on any atom is 0.338 e. The molecule has 1 amide bonds. The molecule has 0 heterocycles. The lowest BCUT2D eigenvalue weighted by Gasteiger charge is -2.21. The Bertz CT molecular complexity index is 819. The van der Waals surface area contributed by atoms with Gasteiger partial charge in [0.25, 0.3) is 5.91 Å². The molecule has 0 aliphatic carbocycles. The van der Waals surface area contributed by atoms with Crippen molar-refractivity contribution in [3.05, 3.63) is 53.6 Å². The highest BCUT2D eigenvalue weighted by Gasteiger charge is 2.15. The van der Waals surface area contributed by atoms with Crippen molar-refractivity contribution in [2.24, 2.45) is 0 Å². The van der Waals surface area contributed by atoms with Crippen LogP contribution in [0, 0.1) is 0 Å². The topological polar surface area (TPSA) is 74.3 Å². The van der Waals surface area contributed by atoms with Gasteiger partial charge >= 0.3 is 5.97 Å². The van der Waals surface area contributed by atoms with Crippen LogP contribution in [0.3, 0.4) is 0 Å². The van der Waals surface area contributed by atoms with E-state index in [0.717, 1.165) is 5.56 Å². The molecule has 7 nitrogen and oxygen atoms in total. The number of hydrogen-bond donors (Lipinski definition) is 0. The van der Waals surface area contributed by atoms with Crippen LogP contribution in [0.25, 0.3) is 0 Å².